The Kier molecular flexibility index (Phi) is 9.67. The van der Waals surface area contributed by atoms with Crippen LogP contribution in [-0.2, 0) is 19.4 Å². The molecule has 2 aliphatic heterocycles. The zero-order chi connectivity index (χ0) is 19.9. The highest BCUT2D eigenvalue weighted by Crippen LogP contribution is 2.26. The summed E-state index contributed by atoms with van der Waals surface area (Å²) < 4.78 is 2.36. The second kappa shape index (κ2) is 12.2. The molecule has 0 amide bonds. The monoisotopic (exact) mass is 529 g/mol. The van der Waals surface area contributed by atoms with Crippen molar-refractivity contribution < 1.29 is 0 Å². The van der Waals surface area contributed by atoms with Crippen LogP contribution >= 0.6 is 24.0 Å². The van der Waals surface area contributed by atoms with Gasteiger partial charge in [0.25, 0.3) is 0 Å². The van der Waals surface area contributed by atoms with E-state index in [9.17, 15) is 0 Å². The SMILES string of the molecule is CN=C(NCCCc1nnc2n1CCCCC2)NC1CCN(CC2CCCC2)C1.I. The molecule has 0 aromatic carbocycles. The maximum Gasteiger partial charge on any atom is 0.191 e. The normalized spacial score (nSPS) is 23.1. The van der Waals surface area contributed by atoms with Gasteiger partial charge in [-0.25, -0.2) is 0 Å². The van der Waals surface area contributed by atoms with E-state index < -0.39 is 0 Å². The summed E-state index contributed by atoms with van der Waals surface area (Å²) in [6.07, 6.45) is 13.9. The molecular formula is C22H40IN7. The molecular weight excluding hydrogens is 489 g/mol. The molecule has 2 N–H and O–H groups in total. The fourth-order valence-electron chi connectivity index (χ4n) is 5.25. The van der Waals surface area contributed by atoms with E-state index in [1.807, 2.05) is 7.05 Å². The number of aromatic nitrogens is 3. The number of nitrogens with zero attached hydrogens (tertiary/aromatic N) is 5. The lowest BCUT2D eigenvalue weighted by Crippen LogP contribution is -2.45. The van der Waals surface area contributed by atoms with Gasteiger partial charge in [0.05, 0.1) is 0 Å². The highest BCUT2D eigenvalue weighted by Gasteiger charge is 2.26. The number of fused-ring (bicyclic) bond motifs is 1. The predicted octanol–water partition coefficient (Wildman–Crippen LogP) is 2.98. The number of hydrogen-bond donors (Lipinski definition) is 2. The van der Waals surface area contributed by atoms with Gasteiger partial charge >= 0.3 is 0 Å². The van der Waals surface area contributed by atoms with Crippen LogP contribution in [0.1, 0.15) is 69.4 Å². The minimum atomic E-state index is 0. The fraction of sp³-hybridized carbons (Fsp3) is 0.864. The number of aryl methyl sites for hydroxylation is 2. The molecule has 30 heavy (non-hydrogen) atoms. The summed E-state index contributed by atoms with van der Waals surface area (Å²) in [5.41, 5.74) is 0. The average Bonchev–Trinajstić information content (AvgIpc) is 3.45. The number of likely N-dealkylation sites (tertiary alicyclic amines) is 1. The average molecular weight is 530 g/mol. The first-order valence-electron chi connectivity index (χ1n) is 11.9. The molecule has 8 heteroatoms. The maximum absolute atomic E-state index is 4.44. The molecule has 0 radical (unpaired) electrons. The Morgan fingerprint density at radius 1 is 1.07 bits per heavy atom. The van der Waals surface area contributed by atoms with Crippen molar-refractivity contribution in [1.82, 2.24) is 30.3 Å². The number of nitrogens with one attached hydrogen (secondary N) is 2. The smallest absolute Gasteiger partial charge is 0.191 e. The first-order chi connectivity index (χ1) is 14.3. The highest BCUT2D eigenvalue weighted by molar-refractivity contribution is 14.0. The molecule has 1 atom stereocenters. The minimum Gasteiger partial charge on any atom is -0.356 e. The van der Waals surface area contributed by atoms with Crippen LogP contribution in [0, 0.1) is 5.92 Å². The Balaban J connectivity index is 0.00000256. The van der Waals surface area contributed by atoms with E-state index in [0.717, 1.165) is 56.6 Å². The van der Waals surface area contributed by atoms with Crippen molar-refractivity contribution in [3.05, 3.63) is 11.6 Å². The van der Waals surface area contributed by atoms with E-state index in [1.54, 1.807) is 0 Å². The van der Waals surface area contributed by atoms with Gasteiger partial charge in [-0.15, -0.1) is 34.2 Å². The molecule has 1 aliphatic carbocycles. The lowest BCUT2D eigenvalue weighted by molar-refractivity contribution is 0.275. The van der Waals surface area contributed by atoms with E-state index in [0.29, 0.717) is 6.04 Å². The molecule has 1 aromatic rings. The van der Waals surface area contributed by atoms with Crippen LogP contribution in [0.3, 0.4) is 0 Å². The molecule has 3 heterocycles. The van der Waals surface area contributed by atoms with E-state index >= 15 is 0 Å². The third-order valence-electron chi connectivity index (χ3n) is 6.88. The summed E-state index contributed by atoms with van der Waals surface area (Å²) in [5, 5.41) is 16.0. The fourth-order valence-corrected chi connectivity index (χ4v) is 5.25. The van der Waals surface area contributed by atoms with Crippen molar-refractivity contribution in [2.45, 2.75) is 83.2 Å². The van der Waals surface area contributed by atoms with Crippen molar-refractivity contribution in [2.24, 2.45) is 10.9 Å². The van der Waals surface area contributed by atoms with Gasteiger partial charge in [0, 0.05) is 58.7 Å². The molecule has 0 bridgehead atoms. The van der Waals surface area contributed by atoms with E-state index in [1.165, 1.54) is 70.3 Å². The topological polar surface area (TPSA) is 70.4 Å². The number of halogens is 1. The zero-order valence-electron chi connectivity index (χ0n) is 18.6. The van der Waals surface area contributed by atoms with Crippen molar-refractivity contribution >= 4 is 29.9 Å². The van der Waals surface area contributed by atoms with Crippen LogP contribution in [-0.4, -0.2) is 64.9 Å². The Hall–Kier alpha value is -0.900. The molecule has 170 valence electrons. The second-order valence-electron chi connectivity index (χ2n) is 9.14. The first kappa shape index (κ1) is 23.8. The predicted molar refractivity (Wildman–Crippen MR) is 133 cm³/mol. The Bertz CT molecular complexity index is 668. The summed E-state index contributed by atoms with van der Waals surface area (Å²) in [6, 6.07) is 0.523. The third kappa shape index (κ3) is 6.55. The quantitative estimate of drug-likeness (QED) is 0.246. The van der Waals surface area contributed by atoms with Gasteiger partial charge in [0.15, 0.2) is 5.96 Å². The van der Waals surface area contributed by atoms with Crippen molar-refractivity contribution in [1.29, 1.82) is 0 Å². The van der Waals surface area contributed by atoms with Gasteiger partial charge < -0.3 is 20.1 Å². The molecule has 7 nitrogen and oxygen atoms in total. The van der Waals surface area contributed by atoms with Gasteiger partial charge in [-0.05, 0) is 44.4 Å². The van der Waals surface area contributed by atoms with Gasteiger partial charge in [-0.3, -0.25) is 4.99 Å². The molecule has 1 saturated heterocycles. The second-order valence-corrected chi connectivity index (χ2v) is 9.14. The number of rotatable bonds is 7. The van der Waals surface area contributed by atoms with Gasteiger partial charge in [-0.1, -0.05) is 19.3 Å². The number of aliphatic imine (C=N–C) groups is 1. The van der Waals surface area contributed by atoms with Crippen molar-refractivity contribution in [2.75, 3.05) is 33.2 Å². The van der Waals surface area contributed by atoms with E-state index in [-0.39, 0.29) is 24.0 Å². The third-order valence-corrected chi connectivity index (χ3v) is 6.88. The minimum absolute atomic E-state index is 0. The molecule has 1 saturated carbocycles. The van der Waals surface area contributed by atoms with E-state index in [4.69, 9.17) is 0 Å². The van der Waals surface area contributed by atoms with Crippen LogP contribution < -0.4 is 10.6 Å². The number of guanidine groups is 1. The van der Waals surface area contributed by atoms with E-state index in [2.05, 4.69) is 35.3 Å². The largest absolute Gasteiger partial charge is 0.356 e. The molecule has 1 unspecified atom stereocenters. The highest BCUT2D eigenvalue weighted by atomic mass is 127. The Morgan fingerprint density at radius 2 is 1.93 bits per heavy atom. The van der Waals surface area contributed by atoms with Crippen LogP contribution in [0.25, 0.3) is 0 Å². The van der Waals surface area contributed by atoms with Gasteiger partial charge in [0.1, 0.15) is 11.6 Å². The van der Waals surface area contributed by atoms with Crippen molar-refractivity contribution in [3.63, 3.8) is 0 Å². The first-order valence-corrected chi connectivity index (χ1v) is 11.9. The lowest BCUT2D eigenvalue weighted by Gasteiger charge is -2.21. The summed E-state index contributed by atoms with van der Waals surface area (Å²) in [7, 11) is 1.87. The van der Waals surface area contributed by atoms with Crippen LogP contribution in [0.15, 0.2) is 4.99 Å². The lowest BCUT2D eigenvalue weighted by atomic mass is 10.1. The Morgan fingerprint density at radius 3 is 2.77 bits per heavy atom. The molecule has 3 aliphatic rings. The summed E-state index contributed by atoms with van der Waals surface area (Å²) in [6.45, 7) is 5.69. The summed E-state index contributed by atoms with van der Waals surface area (Å²) in [5.74, 6) is 4.23. The maximum atomic E-state index is 4.44. The molecule has 1 aromatic heterocycles. The zero-order valence-corrected chi connectivity index (χ0v) is 20.9. The molecule has 2 fully saturated rings. The van der Waals surface area contributed by atoms with Crippen LogP contribution in [0.2, 0.25) is 0 Å². The molecule has 4 rings (SSSR count). The Labute approximate surface area is 198 Å². The van der Waals surface area contributed by atoms with Crippen molar-refractivity contribution in [3.8, 4) is 0 Å². The standard InChI is InChI=1S/C22H39N7.HI/c1-23-22(25-19-12-15-28(17-19)16-18-8-4-5-9-18)24-13-7-11-21-27-26-20-10-3-2-6-14-29(20)21;/h18-19H,2-17H2,1H3,(H2,23,24,25);1H. The van der Waals surface area contributed by atoms with Gasteiger partial charge in [-0.2, -0.15) is 0 Å². The van der Waals surface area contributed by atoms with Crippen LogP contribution in [0.5, 0.6) is 0 Å². The summed E-state index contributed by atoms with van der Waals surface area (Å²) >= 11 is 0. The van der Waals surface area contributed by atoms with Gasteiger partial charge in [0.2, 0.25) is 0 Å². The summed E-state index contributed by atoms with van der Waals surface area (Å²) in [4.78, 5) is 7.09. The molecule has 0 spiro atoms. The van der Waals surface area contributed by atoms with Crippen LogP contribution in [0.4, 0.5) is 0 Å². The number of hydrogen-bond acceptors (Lipinski definition) is 4.